The third-order valence-corrected chi connectivity index (χ3v) is 5.34. The average molecular weight is 410 g/mol. The molecule has 2 heterocycles. The van der Waals surface area contributed by atoms with Gasteiger partial charge in [-0.1, -0.05) is 12.1 Å². The van der Waals surface area contributed by atoms with Gasteiger partial charge in [-0.3, -0.25) is 0 Å². The van der Waals surface area contributed by atoms with Gasteiger partial charge >= 0.3 is 12.5 Å². The number of imidazole rings is 1. The van der Waals surface area contributed by atoms with Gasteiger partial charge in [0, 0.05) is 20.1 Å². The summed E-state index contributed by atoms with van der Waals surface area (Å²) in [6.07, 6.45) is -2.26. The van der Waals surface area contributed by atoms with Gasteiger partial charge in [0.15, 0.2) is 0 Å². The Morgan fingerprint density at radius 2 is 2.10 bits per heavy atom. The summed E-state index contributed by atoms with van der Waals surface area (Å²) in [4.78, 5) is 18.3. The number of carbonyl (C=O) groups excluding carboxylic acids is 1. The summed E-state index contributed by atoms with van der Waals surface area (Å²) in [5.74, 6) is 1.28. The van der Waals surface area contributed by atoms with Crippen molar-refractivity contribution in [1.82, 2.24) is 19.8 Å². The van der Waals surface area contributed by atoms with E-state index in [9.17, 15) is 18.0 Å². The van der Waals surface area contributed by atoms with Crippen molar-refractivity contribution >= 4 is 6.09 Å². The molecule has 2 unspecified atom stereocenters. The summed E-state index contributed by atoms with van der Waals surface area (Å²) >= 11 is 0. The molecule has 1 aliphatic heterocycles. The van der Waals surface area contributed by atoms with Crippen molar-refractivity contribution in [3.63, 3.8) is 0 Å². The fourth-order valence-corrected chi connectivity index (χ4v) is 3.93. The minimum Gasteiger partial charge on any atom is -0.406 e. The molecule has 29 heavy (non-hydrogen) atoms. The van der Waals surface area contributed by atoms with E-state index in [1.165, 1.54) is 29.4 Å². The first-order valence-corrected chi connectivity index (χ1v) is 9.28. The lowest BCUT2D eigenvalue weighted by molar-refractivity contribution is -0.274. The Kier molecular flexibility index (Phi) is 5.12. The molecular weight excluding hydrogens is 389 g/mol. The number of ether oxygens (including phenoxy) is 2. The lowest BCUT2D eigenvalue weighted by Crippen LogP contribution is -2.36. The molecule has 1 aromatic carbocycles. The van der Waals surface area contributed by atoms with Crippen molar-refractivity contribution in [2.24, 2.45) is 24.8 Å². The third-order valence-electron chi connectivity index (χ3n) is 5.34. The number of carbonyl (C=O) groups is 1. The van der Waals surface area contributed by atoms with Gasteiger partial charge in [-0.15, -0.1) is 13.2 Å². The number of fused-ring (bicyclic) bond motifs is 1. The summed E-state index contributed by atoms with van der Waals surface area (Å²) in [5, 5.41) is 3.31. The van der Waals surface area contributed by atoms with Crippen molar-refractivity contribution in [2.75, 3.05) is 19.6 Å². The standard InChI is InChI=1S/C19H21F3N4O3/c1-25-10-17(24-11-25)28-18(27)26(9-16-14-6-23-7-15(14)16)8-12-3-2-4-13(5-12)29-19(20,21)22/h2-5,10-11,14-16,23H,6-9H2,1H3. The molecule has 2 fully saturated rings. The number of benzene rings is 1. The number of halogens is 3. The van der Waals surface area contributed by atoms with E-state index in [1.807, 2.05) is 0 Å². The molecule has 1 amide bonds. The predicted octanol–water partition coefficient (Wildman–Crippen LogP) is 2.79. The van der Waals surface area contributed by atoms with Gasteiger partial charge in [0.25, 0.3) is 0 Å². The van der Waals surface area contributed by atoms with E-state index in [0.29, 0.717) is 29.9 Å². The molecule has 1 aromatic heterocycles. The van der Waals surface area contributed by atoms with Crippen molar-refractivity contribution in [2.45, 2.75) is 12.9 Å². The van der Waals surface area contributed by atoms with Crippen LogP contribution < -0.4 is 14.8 Å². The Morgan fingerprint density at radius 3 is 2.76 bits per heavy atom. The van der Waals surface area contributed by atoms with E-state index in [2.05, 4.69) is 15.0 Å². The average Bonchev–Trinajstić information content (AvgIpc) is 2.99. The molecule has 4 rings (SSSR count). The first-order chi connectivity index (χ1) is 13.8. The summed E-state index contributed by atoms with van der Waals surface area (Å²) in [7, 11) is 1.76. The molecule has 10 heteroatoms. The Bertz CT molecular complexity index is 876. The number of amides is 1. The van der Waals surface area contributed by atoms with Crippen LogP contribution in [0, 0.1) is 17.8 Å². The first kappa shape index (κ1) is 19.6. The van der Waals surface area contributed by atoms with Crippen LogP contribution in [0.3, 0.4) is 0 Å². The highest BCUT2D eigenvalue weighted by molar-refractivity contribution is 5.70. The lowest BCUT2D eigenvalue weighted by Gasteiger charge is -2.23. The number of nitrogens with zero attached hydrogens (tertiary/aromatic N) is 3. The number of hydrogen-bond donors (Lipinski definition) is 1. The molecule has 156 valence electrons. The molecule has 2 aromatic rings. The van der Waals surface area contributed by atoms with Gasteiger partial charge in [0.05, 0.1) is 12.5 Å². The number of alkyl halides is 3. The summed E-state index contributed by atoms with van der Waals surface area (Å²) in [6, 6.07) is 5.63. The first-order valence-electron chi connectivity index (χ1n) is 9.28. The summed E-state index contributed by atoms with van der Waals surface area (Å²) in [5.41, 5.74) is 0.522. The number of nitrogens with one attached hydrogen (secondary N) is 1. The van der Waals surface area contributed by atoms with Crippen LogP contribution in [-0.4, -0.2) is 46.5 Å². The predicted molar refractivity (Wildman–Crippen MR) is 96.1 cm³/mol. The molecule has 0 spiro atoms. The van der Waals surface area contributed by atoms with Crippen LogP contribution in [0.15, 0.2) is 36.8 Å². The van der Waals surface area contributed by atoms with Gasteiger partial charge < -0.3 is 24.3 Å². The van der Waals surface area contributed by atoms with Crippen LogP contribution in [0.2, 0.25) is 0 Å². The van der Waals surface area contributed by atoms with Crippen LogP contribution in [0.4, 0.5) is 18.0 Å². The molecule has 0 bridgehead atoms. The largest absolute Gasteiger partial charge is 0.573 e. The SMILES string of the molecule is Cn1cnc(OC(=O)N(Cc2cccc(OC(F)(F)F)c2)CC2C3CNCC32)c1. The van der Waals surface area contributed by atoms with E-state index in [4.69, 9.17) is 4.74 Å². The zero-order chi connectivity index (χ0) is 20.6. The molecular formula is C19H21F3N4O3. The van der Waals surface area contributed by atoms with Gasteiger partial charge in [-0.05, 0) is 48.5 Å². The highest BCUT2D eigenvalue weighted by Gasteiger charge is 2.53. The van der Waals surface area contributed by atoms with E-state index < -0.39 is 12.5 Å². The topological polar surface area (TPSA) is 68.6 Å². The molecule has 1 N–H and O–H groups in total. The minimum atomic E-state index is -4.77. The molecule has 1 saturated carbocycles. The van der Waals surface area contributed by atoms with E-state index in [-0.39, 0.29) is 18.2 Å². The quantitative estimate of drug-likeness (QED) is 0.793. The lowest BCUT2D eigenvalue weighted by atomic mass is 10.2. The molecule has 0 radical (unpaired) electrons. The Hall–Kier alpha value is -2.75. The second-order valence-corrected chi connectivity index (χ2v) is 7.47. The molecule has 1 aliphatic carbocycles. The Labute approximate surface area is 165 Å². The van der Waals surface area contributed by atoms with Crippen molar-refractivity contribution in [1.29, 1.82) is 0 Å². The Morgan fingerprint density at radius 1 is 1.34 bits per heavy atom. The van der Waals surface area contributed by atoms with Gasteiger partial charge in [-0.2, -0.15) is 0 Å². The fraction of sp³-hybridized carbons (Fsp3) is 0.474. The van der Waals surface area contributed by atoms with E-state index >= 15 is 0 Å². The van der Waals surface area contributed by atoms with Crippen LogP contribution >= 0.6 is 0 Å². The van der Waals surface area contributed by atoms with Crippen molar-refractivity contribution in [3.8, 4) is 11.6 Å². The van der Waals surface area contributed by atoms with Crippen LogP contribution in [-0.2, 0) is 13.6 Å². The number of hydrogen-bond acceptors (Lipinski definition) is 5. The van der Waals surface area contributed by atoms with Crippen LogP contribution in [0.5, 0.6) is 11.6 Å². The smallest absolute Gasteiger partial charge is 0.406 e. The highest BCUT2D eigenvalue weighted by atomic mass is 19.4. The number of rotatable bonds is 6. The zero-order valence-corrected chi connectivity index (χ0v) is 15.7. The second kappa shape index (κ2) is 7.58. The second-order valence-electron chi connectivity index (χ2n) is 7.47. The molecule has 2 atom stereocenters. The van der Waals surface area contributed by atoms with Crippen LogP contribution in [0.1, 0.15) is 5.56 Å². The van der Waals surface area contributed by atoms with Crippen molar-refractivity contribution < 1.29 is 27.4 Å². The van der Waals surface area contributed by atoms with Gasteiger partial charge in [0.1, 0.15) is 5.75 Å². The highest BCUT2D eigenvalue weighted by Crippen LogP contribution is 2.49. The van der Waals surface area contributed by atoms with Gasteiger partial charge in [-0.25, -0.2) is 9.78 Å². The maximum Gasteiger partial charge on any atom is 0.573 e. The molecule has 2 aliphatic rings. The number of aromatic nitrogens is 2. The Balaban J connectivity index is 1.47. The number of piperidine rings is 1. The van der Waals surface area contributed by atoms with Gasteiger partial charge in [0.2, 0.25) is 5.88 Å². The van der Waals surface area contributed by atoms with E-state index in [0.717, 1.165) is 13.1 Å². The normalized spacial score (nSPS) is 22.8. The fourth-order valence-electron chi connectivity index (χ4n) is 3.93. The summed E-state index contributed by atoms with van der Waals surface area (Å²) in [6.45, 7) is 2.44. The van der Waals surface area contributed by atoms with Crippen LogP contribution in [0.25, 0.3) is 0 Å². The maximum absolute atomic E-state index is 12.8. The number of aryl methyl sites for hydroxylation is 1. The monoisotopic (exact) mass is 410 g/mol. The maximum atomic E-state index is 12.8. The molecule has 7 nitrogen and oxygen atoms in total. The summed E-state index contributed by atoms with van der Waals surface area (Å²) < 4.78 is 48.5. The minimum absolute atomic E-state index is 0.115. The molecule has 1 saturated heterocycles. The van der Waals surface area contributed by atoms with E-state index in [1.54, 1.807) is 23.9 Å². The third kappa shape index (κ3) is 4.81. The zero-order valence-electron chi connectivity index (χ0n) is 15.7. The van der Waals surface area contributed by atoms with Crippen molar-refractivity contribution in [3.05, 3.63) is 42.4 Å².